The standard InChI is InChI=1S/C12H12ClN3O3/c13-8-3-1-7(2-4-8)6-14-10(17)5-9-11(18)16-12(19)15-9/h1-4,9H,5-6H2,(H,14,17)(H2,15,16,18,19). The Bertz CT molecular complexity index is 515. The highest BCUT2D eigenvalue weighted by atomic mass is 35.5. The molecule has 0 spiro atoms. The number of rotatable bonds is 4. The van der Waals surface area contributed by atoms with Crippen LogP contribution in [0.25, 0.3) is 0 Å². The van der Waals surface area contributed by atoms with Crippen molar-refractivity contribution in [2.24, 2.45) is 0 Å². The number of imide groups is 1. The molecule has 1 aliphatic rings. The Morgan fingerprint density at radius 2 is 1.95 bits per heavy atom. The molecule has 1 fully saturated rings. The van der Waals surface area contributed by atoms with Crippen LogP contribution in [0.1, 0.15) is 12.0 Å². The number of amides is 4. The van der Waals surface area contributed by atoms with Crippen LogP contribution in [0.15, 0.2) is 24.3 Å². The third-order valence-corrected chi connectivity index (χ3v) is 2.90. The Morgan fingerprint density at radius 3 is 2.53 bits per heavy atom. The first-order valence-electron chi connectivity index (χ1n) is 5.67. The topological polar surface area (TPSA) is 87.3 Å². The summed E-state index contributed by atoms with van der Waals surface area (Å²) in [5.74, 6) is -0.788. The highest BCUT2D eigenvalue weighted by molar-refractivity contribution is 6.30. The van der Waals surface area contributed by atoms with Gasteiger partial charge in [0.1, 0.15) is 6.04 Å². The lowest BCUT2D eigenvalue weighted by Gasteiger charge is -2.08. The molecule has 4 amide bonds. The van der Waals surface area contributed by atoms with Crippen molar-refractivity contribution in [3.05, 3.63) is 34.9 Å². The molecule has 3 N–H and O–H groups in total. The van der Waals surface area contributed by atoms with Gasteiger partial charge in [-0.05, 0) is 17.7 Å². The number of hydrogen-bond donors (Lipinski definition) is 3. The number of benzene rings is 1. The van der Waals surface area contributed by atoms with E-state index in [-0.39, 0.29) is 12.3 Å². The van der Waals surface area contributed by atoms with Crippen LogP contribution in [0, 0.1) is 0 Å². The summed E-state index contributed by atoms with van der Waals surface area (Å²) in [7, 11) is 0. The van der Waals surface area contributed by atoms with Crippen LogP contribution in [0.2, 0.25) is 5.02 Å². The van der Waals surface area contributed by atoms with Crippen LogP contribution in [0.3, 0.4) is 0 Å². The van der Waals surface area contributed by atoms with Gasteiger partial charge in [-0.1, -0.05) is 23.7 Å². The number of nitrogens with one attached hydrogen (secondary N) is 3. The molecule has 7 heteroatoms. The second-order valence-corrected chi connectivity index (χ2v) is 4.56. The van der Waals surface area contributed by atoms with E-state index >= 15 is 0 Å². The monoisotopic (exact) mass is 281 g/mol. The molecule has 0 bridgehead atoms. The molecule has 100 valence electrons. The van der Waals surface area contributed by atoms with Gasteiger partial charge in [-0.3, -0.25) is 14.9 Å². The lowest BCUT2D eigenvalue weighted by molar-refractivity contribution is -0.126. The SMILES string of the molecule is O=C(CC1NC(=O)NC1=O)NCc1ccc(Cl)cc1. The highest BCUT2D eigenvalue weighted by Crippen LogP contribution is 2.09. The smallest absolute Gasteiger partial charge is 0.322 e. The maximum absolute atomic E-state index is 11.6. The zero-order valence-corrected chi connectivity index (χ0v) is 10.7. The summed E-state index contributed by atoms with van der Waals surface area (Å²) in [6.45, 7) is 0.346. The van der Waals surface area contributed by atoms with Gasteiger partial charge in [0.05, 0.1) is 6.42 Å². The summed E-state index contributed by atoms with van der Waals surface area (Å²) in [5, 5.41) is 7.72. The second-order valence-electron chi connectivity index (χ2n) is 4.12. The molecule has 0 aliphatic carbocycles. The van der Waals surface area contributed by atoms with Crippen molar-refractivity contribution >= 4 is 29.4 Å². The van der Waals surface area contributed by atoms with E-state index in [1.54, 1.807) is 24.3 Å². The van der Waals surface area contributed by atoms with E-state index in [1.165, 1.54) is 0 Å². The highest BCUT2D eigenvalue weighted by Gasteiger charge is 2.30. The molecule has 2 rings (SSSR count). The quantitative estimate of drug-likeness (QED) is 0.705. The molecular formula is C12H12ClN3O3. The van der Waals surface area contributed by atoms with Gasteiger partial charge in [0.15, 0.2) is 0 Å². The number of carbonyl (C=O) groups excluding carboxylic acids is 3. The first-order valence-corrected chi connectivity index (χ1v) is 6.05. The lowest BCUT2D eigenvalue weighted by atomic mass is 10.2. The molecule has 0 radical (unpaired) electrons. The van der Waals surface area contributed by atoms with E-state index in [2.05, 4.69) is 16.0 Å². The zero-order valence-electron chi connectivity index (χ0n) is 9.90. The first kappa shape index (κ1) is 13.4. The predicted octanol–water partition coefficient (Wildman–Crippen LogP) is 0.554. The van der Waals surface area contributed by atoms with Gasteiger partial charge in [0.2, 0.25) is 5.91 Å². The Kier molecular flexibility index (Phi) is 4.01. The van der Waals surface area contributed by atoms with Gasteiger partial charge in [0, 0.05) is 11.6 Å². The van der Waals surface area contributed by atoms with E-state index in [0.717, 1.165) is 5.56 Å². The van der Waals surface area contributed by atoms with Gasteiger partial charge in [0.25, 0.3) is 5.91 Å². The number of urea groups is 1. The van der Waals surface area contributed by atoms with Gasteiger partial charge >= 0.3 is 6.03 Å². The number of hydrogen-bond acceptors (Lipinski definition) is 3. The summed E-state index contributed by atoms with van der Waals surface area (Å²) < 4.78 is 0. The molecule has 19 heavy (non-hydrogen) atoms. The van der Waals surface area contributed by atoms with Crippen molar-refractivity contribution in [3.63, 3.8) is 0 Å². The van der Waals surface area contributed by atoms with Crippen LogP contribution in [-0.2, 0) is 16.1 Å². The normalized spacial score (nSPS) is 17.8. The van der Waals surface area contributed by atoms with Gasteiger partial charge in [-0.2, -0.15) is 0 Å². The molecule has 0 saturated carbocycles. The van der Waals surface area contributed by atoms with Crippen LogP contribution >= 0.6 is 11.6 Å². The van der Waals surface area contributed by atoms with Gasteiger partial charge < -0.3 is 10.6 Å². The van der Waals surface area contributed by atoms with Crippen LogP contribution in [0.4, 0.5) is 4.79 Å². The van der Waals surface area contributed by atoms with E-state index in [9.17, 15) is 14.4 Å². The van der Waals surface area contributed by atoms with Crippen molar-refractivity contribution < 1.29 is 14.4 Å². The summed E-state index contributed by atoms with van der Waals surface area (Å²) in [6, 6.07) is 5.69. The van der Waals surface area contributed by atoms with Crippen molar-refractivity contribution in [1.82, 2.24) is 16.0 Å². The number of halogens is 1. The third-order valence-electron chi connectivity index (χ3n) is 2.65. The van der Waals surface area contributed by atoms with Crippen LogP contribution in [-0.4, -0.2) is 23.9 Å². The Morgan fingerprint density at radius 1 is 1.26 bits per heavy atom. The van der Waals surface area contributed by atoms with Crippen molar-refractivity contribution in [1.29, 1.82) is 0 Å². The molecule has 1 unspecified atom stereocenters. The minimum Gasteiger partial charge on any atom is -0.352 e. The summed E-state index contributed by atoms with van der Waals surface area (Å²) >= 11 is 5.75. The minimum absolute atomic E-state index is 0.0782. The Balaban J connectivity index is 1.80. The molecule has 6 nitrogen and oxygen atoms in total. The predicted molar refractivity (Wildman–Crippen MR) is 68.4 cm³/mol. The summed E-state index contributed by atoms with van der Waals surface area (Å²) in [5.41, 5.74) is 0.901. The third kappa shape index (κ3) is 3.69. The zero-order chi connectivity index (χ0) is 13.8. The minimum atomic E-state index is -0.794. The van der Waals surface area contributed by atoms with Gasteiger partial charge in [-0.25, -0.2) is 4.79 Å². The van der Waals surface area contributed by atoms with Crippen molar-refractivity contribution in [3.8, 4) is 0 Å². The maximum Gasteiger partial charge on any atom is 0.322 e. The van der Waals surface area contributed by atoms with E-state index in [4.69, 9.17) is 11.6 Å². The fraction of sp³-hybridized carbons (Fsp3) is 0.250. The fourth-order valence-electron chi connectivity index (χ4n) is 1.66. The Hall–Kier alpha value is -2.08. The average molecular weight is 282 g/mol. The molecular weight excluding hydrogens is 270 g/mol. The first-order chi connectivity index (χ1) is 9.04. The molecule has 1 heterocycles. The van der Waals surface area contributed by atoms with E-state index in [0.29, 0.717) is 11.6 Å². The molecule has 1 saturated heterocycles. The molecule has 1 aliphatic heterocycles. The Labute approximate surface area is 114 Å². The molecule has 0 aromatic heterocycles. The summed E-state index contributed by atoms with van der Waals surface area (Å²) in [6.07, 6.45) is -0.0782. The molecule has 1 aromatic carbocycles. The summed E-state index contributed by atoms with van der Waals surface area (Å²) in [4.78, 5) is 33.7. The van der Waals surface area contributed by atoms with Crippen LogP contribution in [0.5, 0.6) is 0 Å². The lowest BCUT2D eigenvalue weighted by Crippen LogP contribution is -2.36. The maximum atomic E-state index is 11.6. The largest absolute Gasteiger partial charge is 0.352 e. The van der Waals surface area contributed by atoms with Crippen molar-refractivity contribution in [2.75, 3.05) is 0 Å². The van der Waals surface area contributed by atoms with E-state index < -0.39 is 18.0 Å². The molecule has 1 aromatic rings. The van der Waals surface area contributed by atoms with Gasteiger partial charge in [-0.15, -0.1) is 0 Å². The second kappa shape index (κ2) is 5.71. The average Bonchev–Trinajstić information content (AvgIpc) is 2.67. The number of carbonyl (C=O) groups is 3. The fourth-order valence-corrected chi connectivity index (χ4v) is 1.79. The van der Waals surface area contributed by atoms with Crippen molar-refractivity contribution in [2.45, 2.75) is 19.0 Å². The molecule has 1 atom stereocenters. The van der Waals surface area contributed by atoms with E-state index in [1.807, 2.05) is 0 Å². The van der Waals surface area contributed by atoms with Crippen LogP contribution < -0.4 is 16.0 Å².